The number of nitrogens with one attached hydrogen (secondary N) is 1. The van der Waals surface area contributed by atoms with Gasteiger partial charge in [-0.25, -0.2) is 9.07 Å². The Morgan fingerprint density at radius 3 is 2.83 bits per heavy atom. The van der Waals surface area contributed by atoms with Crippen molar-refractivity contribution in [2.24, 2.45) is 0 Å². The number of carbonyl (C=O) groups excluding carboxylic acids is 1. The van der Waals surface area contributed by atoms with E-state index in [1.165, 1.54) is 18.2 Å². The molecule has 0 bridgehead atoms. The van der Waals surface area contributed by atoms with Gasteiger partial charge in [0.1, 0.15) is 11.6 Å². The number of nitrogens with zero attached hydrogens (tertiary/aromatic N) is 2. The van der Waals surface area contributed by atoms with Crippen LogP contribution in [0.3, 0.4) is 0 Å². The third kappa shape index (κ3) is 4.14. The molecule has 0 unspecified atom stereocenters. The van der Waals surface area contributed by atoms with Crippen molar-refractivity contribution in [1.29, 1.82) is 0 Å². The summed E-state index contributed by atoms with van der Waals surface area (Å²) in [6, 6.07) is 11.7. The maximum Gasteiger partial charge on any atom is 0.249 e. The molecule has 4 nitrogen and oxygen atoms in total. The second-order valence-corrected chi connectivity index (χ2v) is 5.86. The van der Waals surface area contributed by atoms with Crippen molar-refractivity contribution in [1.82, 2.24) is 9.78 Å². The minimum Gasteiger partial charge on any atom is -0.307 e. The fourth-order valence-corrected chi connectivity index (χ4v) is 2.71. The van der Waals surface area contributed by atoms with Crippen LogP contribution >= 0.6 is 11.3 Å². The molecule has 0 aliphatic rings. The first-order valence-corrected chi connectivity index (χ1v) is 7.87. The van der Waals surface area contributed by atoms with Crippen LogP contribution in [0.2, 0.25) is 0 Å². The van der Waals surface area contributed by atoms with Gasteiger partial charge in [0.05, 0.1) is 12.7 Å². The first-order valence-electron chi connectivity index (χ1n) is 6.99. The molecule has 3 aromatic rings. The molecule has 0 saturated heterocycles. The number of aromatic nitrogens is 2. The van der Waals surface area contributed by atoms with Gasteiger partial charge in [0.2, 0.25) is 5.91 Å². The SMILES string of the molecule is O=C(/C=C\c1ccc(F)cc1)Nc1ccnn1Cc1cccs1. The lowest BCUT2D eigenvalue weighted by molar-refractivity contribution is -0.111. The summed E-state index contributed by atoms with van der Waals surface area (Å²) in [5.74, 6) is 0.0680. The molecule has 0 atom stereocenters. The number of hydrogen-bond acceptors (Lipinski definition) is 3. The van der Waals surface area contributed by atoms with E-state index in [4.69, 9.17) is 0 Å². The maximum absolute atomic E-state index is 12.8. The third-order valence-electron chi connectivity index (χ3n) is 3.15. The lowest BCUT2D eigenvalue weighted by atomic mass is 10.2. The van der Waals surface area contributed by atoms with Crippen LogP contribution in [0.5, 0.6) is 0 Å². The lowest BCUT2D eigenvalue weighted by Crippen LogP contribution is -2.13. The molecule has 2 aromatic heterocycles. The Morgan fingerprint density at radius 2 is 2.09 bits per heavy atom. The summed E-state index contributed by atoms with van der Waals surface area (Å²) < 4.78 is 14.6. The fraction of sp³-hybridized carbons (Fsp3) is 0.0588. The molecule has 1 aromatic carbocycles. The van der Waals surface area contributed by atoms with Gasteiger partial charge in [-0.2, -0.15) is 5.10 Å². The Hall–Kier alpha value is -2.73. The molecular formula is C17H14FN3OS. The molecule has 0 aliphatic carbocycles. The Kier molecular flexibility index (Phi) is 4.63. The van der Waals surface area contributed by atoms with E-state index >= 15 is 0 Å². The fourth-order valence-electron chi connectivity index (χ4n) is 2.03. The number of halogens is 1. The molecule has 0 radical (unpaired) electrons. The molecule has 116 valence electrons. The van der Waals surface area contributed by atoms with E-state index < -0.39 is 0 Å². The van der Waals surface area contributed by atoms with Crippen LogP contribution in [0.4, 0.5) is 10.2 Å². The number of carbonyl (C=O) groups is 1. The van der Waals surface area contributed by atoms with Gasteiger partial charge >= 0.3 is 0 Å². The molecular weight excluding hydrogens is 313 g/mol. The van der Waals surface area contributed by atoms with E-state index in [0.717, 1.165) is 10.4 Å². The summed E-state index contributed by atoms with van der Waals surface area (Å²) >= 11 is 1.64. The number of amides is 1. The zero-order valence-electron chi connectivity index (χ0n) is 12.1. The van der Waals surface area contributed by atoms with Gasteiger partial charge < -0.3 is 5.32 Å². The van der Waals surface area contributed by atoms with Gasteiger partial charge in [-0.1, -0.05) is 18.2 Å². The highest BCUT2D eigenvalue weighted by molar-refractivity contribution is 7.09. The Labute approximate surface area is 136 Å². The second-order valence-electron chi connectivity index (χ2n) is 4.83. The summed E-state index contributed by atoms with van der Waals surface area (Å²) in [7, 11) is 0. The van der Waals surface area contributed by atoms with E-state index in [0.29, 0.717) is 12.4 Å². The molecule has 2 heterocycles. The predicted molar refractivity (Wildman–Crippen MR) is 89.7 cm³/mol. The molecule has 1 N–H and O–H groups in total. The van der Waals surface area contributed by atoms with Crippen LogP contribution in [0, 0.1) is 5.82 Å². The number of thiophene rings is 1. The summed E-state index contributed by atoms with van der Waals surface area (Å²) in [4.78, 5) is 13.2. The molecule has 23 heavy (non-hydrogen) atoms. The molecule has 0 aliphatic heterocycles. The molecule has 0 fully saturated rings. The van der Waals surface area contributed by atoms with E-state index in [2.05, 4.69) is 10.4 Å². The summed E-state index contributed by atoms with van der Waals surface area (Å²) in [5.41, 5.74) is 0.758. The van der Waals surface area contributed by atoms with Crippen molar-refractivity contribution in [3.63, 3.8) is 0 Å². The minimum absolute atomic E-state index is 0.262. The van der Waals surface area contributed by atoms with Crippen LogP contribution in [-0.4, -0.2) is 15.7 Å². The van der Waals surface area contributed by atoms with Crippen molar-refractivity contribution in [2.75, 3.05) is 5.32 Å². The average molecular weight is 327 g/mol. The number of anilines is 1. The zero-order valence-corrected chi connectivity index (χ0v) is 13.0. The van der Waals surface area contributed by atoms with Gasteiger partial charge in [-0.3, -0.25) is 4.79 Å². The van der Waals surface area contributed by atoms with Gasteiger partial charge in [-0.05, 0) is 35.2 Å². The maximum atomic E-state index is 12.8. The van der Waals surface area contributed by atoms with Crippen molar-refractivity contribution >= 4 is 29.1 Å². The highest BCUT2D eigenvalue weighted by atomic mass is 32.1. The van der Waals surface area contributed by atoms with Crippen LogP contribution in [0.15, 0.2) is 60.1 Å². The molecule has 1 amide bonds. The van der Waals surface area contributed by atoms with Crippen molar-refractivity contribution in [3.8, 4) is 0 Å². The van der Waals surface area contributed by atoms with Gasteiger partial charge in [0.25, 0.3) is 0 Å². The molecule has 6 heteroatoms. The van der Waals surface area contributed by atoms with E-state index in [1.54, 1.807) is 46.5 Å². The third-order valence-corrected chi connectivity index (χ3v) is 4.01. The second kappa shape index (κ2) is 7.02. The lowest BCUT2D eigenvalue weighted by Gasteiger charge is -2.06. The monoisotopic (exact) mass is 327 g/mol. The van der Waals surface area contributed by atoms with E-state index in [-0.39, 0.29) is 11.7 Å². The molecule has 0 spiro atoms. The quantitative estimate of drug-likeness (QED) is 0.725. The summed E-state index contributed by atoms with van der Waals surface area (Å²) in [6.07, 6.45) is 4.69. The summed E-state index contributed by atoms with van der Waals surface area (Å²) in [6.45, 7) is 0.613. The van der Waals surface area contributed by atoms with Crippen molar-refractivity contribution < 1.29 is 9.18 Å². The smallest absolute Gasteiger partial charge is 0.249 e. The number of hydrogen-bond donors (Lipinski definition) is 1. The van der Waals surface area contributed by atoms with Gasteiger partial charge in [0.15, 0.2) is 0 Å². The highest BCUT2D eigenvalue weighted by Gasteiger charge is 2.06. The first kappa shape index (κ1) is 15.2. The number of benzene rings is 1. The van der Waals surface area contributed by atoms with Crippen LogP contribution < -0.4 is 5.32 Å². The predicted octanol–water partition coefficient (Wildman–Crippen LogP) is 3.78. The van der Waals surface area contributed by atoms with Crippen LogP contribution in [0.25, 0.3) is 6.08 Å². The van der Waals surface area contributed by atoms with Crippen molar-refractivity contribution in [2.45, 2.75) is 6.54 Å². The van der Waals surface area contributed by atoms with Gasteiger partial charge in [0, 0.05) is 17.0 Å². The number of rotatable bonds is 5. The van der Waals surface area contributed by atoms with Gasteiger partial charge in [-0.15, -0.1) is 11.3 Å². The highest BCUT2D eigenvalue weighted by Crippen LogP contribution is 2.14. The van der Waals surface area contributed by atoms with E-state index in [9.17, 15) is 9.18 Å². The Balaban J connectivity index is 1.64. The minimum atomic E-state index is -0.302. The Bertz CT molecular complexity index is 807. The van der Waals surface area contributed by atoms with Crippen LogP contribution in [0.1, 0.15) is 10.4 Å². The first-order chi connectivity index (χ1) is 11.2. The van der Waals surface area contributed by atoms with Crippen molar-refractivity contribution in [3.05, 3.63) is 76.4 Å². The molecule has 3 rings (SSSR count). The zero-order chi connectivity index (χ0) is 16.1. The normalized spacial score (nSPS) is 11.0. The van der Waals surface area contributed by atoms with E-state index in [1.807, 2.05) is 17.5 Å². The topological polar surface area (TPSA) is 46.9 Å². The average Bonchev–Trinajstić information content (AvgIpc) is 3.20. The molecule has 0 saturated carbocycles. The Morgan fingerprint density at radius 1 is 1.26 bits per heavy atom. The summed E-state index contributed by atoms with van der Waals surface area (Å²) in [5, 5.41) is 9.01. The largest absolute Gasteiger partial charge is 0.307 e. The van der Waals surface area contributed by atoms with Crippen LogP contribution in [-0.2, 0) is 11.3 Å². The standard InChI is InChI=1S/C17H14FN3OS/c18-14-6-3-13(4-7-14)5-8-17(22)20-16-9-10-19-21(16)12-15-2-1-11-23-15/h1-11H,12H2,(H,20,22)/b8-5-.